The first-order chi connectivity index (χ1) is 8.49. The number of anilines is 1. The number of hydrogen-bond donors (Lipinski definition) is 1. The van der Waals surface area contributed by atoms with Crippen LogP contribution >= 0.6 is 0 Å². The maximum absolute atomic E-state index is 11.1. The maximum Gasteiger partial charge on any atom is 0.269 e. The summed E-state index contributed by atoms with van der Waals surface area (Å²) in [6, 6.07) is 5.56. The van der Waals surface area contributed by atoms with Crippen molar-refractivity contribution >= 4 is 29.2 Å². The molecule has 0 saturated heterocycles. The highest BCUT2D eigenvalue weighted by Crippen LogP contribution is 2.14. The number of carbonyl (C=O) groups is 2. The molecule has 0 amide bonds. The van der Waals surface area contributed by atoms with E-state index in [1.165, 1.54) is 31.2 Å². The van der Waals surface area contributed by atoms with Gasteiger partial charge in [-0.2, -0.15) is 5.10 Å². The Morgan fingerprint density at radius 3 is 2.50 bits per heavy atom. The predicted octanol–water partition coefficient (Wildman–Crippen LogP) is 1.54. The van der Waals surface area contributed by atoms with Crippen molar-refractivity contribution < 1.29 is 14.5 Å². The lowest BCUT2D eigenvalue weighted by Crippen LogP contribution is -2.06. The summed E-state index contributed by atoms with van der Waals surface area (Å²) in [7, 11) is 0. The van der Waals surface area contributed by atoms with Gasteiger partial charge in [-0.3, -0.25) is 25.1 Å². The smallest absolute Gasteiger partial charge is 0.269 e. The van der Waals surface area contributed by atoms with Crippen molar-refractivity contribution in [3.8, 4) is 0 Å². The summed E-state index contributed by atoms with van der Waals surface area (Å²) < 4.78 is 0. The fourth-order valence-corrected chi connectivity index (χ4v) is 1.13. The molecule has 7 nitrogen and oxygen atoms in total. The van der Waals surface area contributed by atoms with E-state index in [1.807, 2.05) is 0 Å². The van der Waals surface area contributed by atoms with Gasteiger partial charge in [0.05, 0.1) is 23.2 Å². The molecule has 0 heterocycles. The van der Waals surface area contributed by atoms with Gasteiger partial charge in [0.15, 0.2) is 5.78 Å². The molecule has 0 unspecified atom stereocenters. The summed E-state index contributed by atoms with van der Waals surface area (Å²) >= 11 is 0. The number of nitro benzene ring substituents is 1. The molecule has 1 aromatic carbocycles. The molecule has 0 atom stereocenters. The molecule has 1 rings (SSSR count). The molecule has 94 valence electrons. The molecule has 0 saturated carbocycles. The Labute approximate surface area is 103 Å². The minimum atomic E-state index is -0.510. The van der Waals surface area contributed by atoms with Crippen molar-refractivity contribution in [1.29, 1.82) is 0 Å². The van der Waals surface area contributed by atoms with Crippen LogP contribution in [-0.4, -0.2) is 22.7 Å². The first kappa shape index (κ1) is 13.5. The van der Waals surface area contributed by atoms with Crippen molar-refractivity contribution in [1.82, 2.24) is 0 Å². The lowest BCUT2D eigenvalue weighted by Gasteiger charge is -1.98. The summed E-state index contributed by atoms with van der Waals surface area (Å²) in [5, 5.41) is 14.0. The van der Waals surface area contributed by atoms with E-state index in [2.05, 4.69) is 10.5 Å². The van der Waals surface area contributed by atoms with Crippen molar-refractivity contribution in [2.24, 2.45) is 5.10 Å². The monoisotopic (exact) mass is 249 g/mol. The lowest BCUT2D eigenvalue weighted by molar-refractivity contribution is -0.384. The van der Waals surface area contributed by atoms with Gasteiger partial charge < -0.3 is 0 Å². The third kappa shape index (κ3) is 4.52. The minimum Gasteiger partial charge on any atom is -0.300 e. The zero-order valence-corrected chi connectivity index (χ0v) is 9.62. The van der Waals surface area contributed by atoms with E-state index in [1.54, 1.807) is 0 Å². The molecule has 0 bridgehead atoms. The molecular formula is C11H11N3O4. The Bertz CT molecular complexity index is 494. The van der Waals surface area contributed by atoms with E-state index < -0.39 is 10.7 Å². The number of nitrogens with zero attached hydrogens (tertiary/aromatic N) is 2. The van der Waals surface area contributed by atoms with Crippen LogP contribution in [0, 0.1) is 10.1 Å². The van der Waals surface area contributed by atoms with E-state index in [-0.39, 0.29) is 17.9 Å². The van der Waals surface area contributed by atoms with Crippen LogP contribution in [-0.2, 0) is 9.59 Å². The maximum atomic E-state index is 11.1. The van der Waals surface area contributed by atoms with Crippen molar-refractivity contribution in [3.63, 3.8) is 0 Å². The summed E-state index contributed by atoms with van der Waals surface area (Å²) in [5.74, 6) is -0.640. The van der Waals surface area contributed by atoms with Crippen LogP contribution in [0.1, 0.15) is 13.3 Å². The van der Waals surface area contributed by atoms with E-state index >= 15 is 0 Å². The first-order valence-electron chi connectivity index (χ1n) is 5.05. The number of non-ortho nitro benzene ring substituents is 1. The van der Waals surface area contributed by atoms with Gasteiger partial charge in [0.2, 0.25) is 0 Å². The normalized spacial score (nSPS) is 10.3. The van der Waals surface area contributed by atoms with Gasteiger partial charge in [-0.25, -0.2) is 0 Å². The number of hydrazone groups is 1. The van der Waals surface area contributed by atoms with Gasteiger partial charge in [0.25, 0.3) is 5.69 Å². The standard InChI is InChI=1S/C11H11N3O4/c1-8(15)6-11(16)7-12-13-9-2-4-10(5-3-9)14(17)18/h2-5,7,13H,6H2,1H3/b12-7+. The molecule has 0 aromatic heterocycles. The Balaban J connectivity index is 2.53. The van der Waals surface area contributed by atoms with Crippen LogP contribution < -0.4 is 5.43 Å². The zero-order chi connectivity index (χ0) is 13.5. The summed E-state index contributed by atoms with van der Waals surface area (Å²) in [4.78, 5) is 31.6. The molecule has 1 aromatic rings. The molecule has 0 radical (unpaired) electrons. The summed E-state index contributed by atoms with van der Waals surface area (Å²) in [6.45, 7) is 1.31. The molecule has 1 N–H and O–H groups in total. The minimum absolute atomic E-state index is 0.0304. The predicted molar refractivity (Wildman–Crippen MR) is 65.5 cm³/mol. The highest BCUT2D eigenvalue weighted by molar-refractivity contribution is 6.31. The largest absolute Gasteiger partial charge is 0.300 e. The average molecular weight is 249 g/mol. The Hall–Kier alpha value is -2.57. The number of Topliss-reactive ketones (excluding diaryl/α,β-unsaturated/α-hetero) is 2. The fourth-order valence-electron chi connectivity index (χ4n) is 1.13. The quantitative estimate of drug-likeness (QED) is 0.356. The molecule has 0 aliphatic heterocycles. The van der Waals surface area contributed by atoms with Crippen molar-refractivity contribution in [3.05, 3.63) is 34.4 Å². The van der Waals surface area contributed by atoms with E-state index in [0.29, 0.717) is 5.69 Å². The second-order valence-electron chi connectivity index (χ2n) is 3.52. The number of nitrogens with one attached hydrogen (secondary N) is 1. The molecule has 0 fully saturated rings. The Morgan fingerprint density at radius 2 is 2.00 bits per heavy atom. The fraction of sp³-hybridized carbons (Fsp3) is 0.182. The number of carbonyl (C=O) groups excluding carboxylic acids is 2. The Kier molecular flexibility index (Phi) is 4.67. The molecular weight excluding hydrogens is 238 g/mol. The third-order valence-corrected chi connectivity index (χ3v) is 1.90. The van der Waals surface area contributed by atoms with E-state index in [0.717, 1.165) is 6.21 Å². The number of ketones is 2. The highest BCUT2D eigenvalue weighted by atomic mass is 16.6. The lowest BCUT2D eigenvalue weighted by atomic mass is 10.2. The van der Waals surface area contributed by atoms with Gasteiger partial charge in [-0.05, 0) is 19.1 Å². The molecule has 0 aliphatic carbocycles. The van der Waals surface area contributed by atoms with Crippen LogP contribution in [0.4, 0.5) is 11.4 Å². The average Bonchev–Trinajstić information content (AvgIpc) is 2.28. The summed E-state index contributed by atoms with van der Waals surface area (Å²) in [6.07, 6.45) is 0.814. The number of rotatable bonds is 6. The van der Waals surface area contributed by atoms with Gasteiger partial charge in [0.1, 0.15) is 5.78 Å². The number of benzene rings is 1. The van der Waals surface area contributed by atoms with Crippen molar-refractivity contribution in [2.75, 3.05) is 5.43 Å². The zero-order valence-electron chi connectivity index (χ0n) is 9.62. The molecule has 18 heavy (non-hydrogen) atoms. The van der Waals surface area contributed by atoms with Crippen LogP contribution in [0.2, 0.25) is 0 Å². The van der Waals surface area contributed by atoms with Gasteiger partial charge in [-0.1, -0.05) is 0 Å². The number of hydrogen-bond acceptors (Lipinski definition) is 6. The van der Waals surface area contributed by atoms with Crippen LogP contribution in [0.3, 0.4) is 0 Å². The number of nitro groups is 1. The first-order valence-corrected chi connectivity index (χ1v) is 5.05. The summed E-state index contributed by atoms with van der Waals surface area (Å²) in [5.41, 5.74) is 3.01. The highest BCUT2D eigenvalue weighted by Gasteiger charge is 2.03. The van der Waals surface area contributed by atoms with Crippen molar-refractivity contribution in [2.45, 2.75) is 13.3 Å². The van der Waals surface area contributed by atoms with Crippen LogP contribution in [0.5, 0.6) is 0 Å². The van der Waals surface area contributed by atoms with E-state index in [4.69, 9.17) is 0 Å². The second-order valence-corrected chi connectivity index (χ2v) is 3.52. The van der Waals surface area contributed by atoms with Gasteiger partial charge in [0, 0.05) is 12.1 Å². The second kappa shape index (κ2) is 6.24. The molecule has 0 aliphatic rings. The SMILES string of the molecule is CC(=O)CC(=O)/C=N/Nc1ccc([N+](=O)[O-])cc1. The third-order valence-electron chi connectivity index (χ3n) is 1.90. The Morgan fingerprint density at radius 1 is 1.39 bits per heavy atom. The van der Waals surface area contributed by atoms with E-state index in [9.17, 15) is 19.7 Å². The van der Waals surface area contributed by atoms with Crippen LogP contribution in [0.15, 0.2) is 29.4 Å². The van der Waals surface area contributed by atoms with Gasteiger partial charge >= 0.3 is 0 Å². The molecule has 0 spiro atoms. The molecule has 7 heteroatoms. The van der Waals surface area contributed by atoms with Gasteiger partial charge in [-0.15, -0.1) is 0 Å². The topological polar surface area (TPSA) is 102 Å². The van der Waals surface area contributed by atoms with Crippen LogP contribution in [0.25, 0.3) is 0 Å².